The van der Waals surface area contributed by atoms with Crippen LogP contribution < -0.4 is 10.9 Å². The second-order valence-corrected chi connectivity index (χ2v) is 5.28. The van der Waals surface area contributed by atoms with E-state index < -0.39 is 6.10 Å². The van der Waals surface area contributed by atoms with Crippen molar-refractivity contribution in [1.29, 1.82) is 0 Å². The van der Waals surface area contributed by atoms with Crippen molar-refractivity contribution in [3.63, 3.8) is 0 Å². The van der Waals surface area contributed by atoms with E-state index in [1.54, 1.807) is 13.8 Å². The van der Waals surface area contributed by atoms with Gasteiger partial charge < -0.3 is 15.4 Å². The summed E-state index contributed by atoms with van der Waals surface area (Å²) in [7, 11) is 0. The van der Waals surface area contributed by atoms with Crippen molar-refractivity contribution < 1.29 is 5.11 Å². The quantitative estimate of drug-likeness (QED) is 0.807. The summed E-state index contributed by atoms with van der Waals surface area (Å²) < 4.78 is 0. The number of aromatic nitrogens is 2. The number of nitrogens with one attached hydrogen (secondary N) is 2. The molecular weight excluding hydrogens is 266 g/mol. The van der Waals surface area contributed by atoms with Crippen molar-refractivity contribution in [2.75, 3.05) is 5.32 Å². The normalized spacial score (nSPS) is 13.8. The molecular formula is C16H21N3O2. The molecule has 21 heavy (non-hydrogen) atoms. The van der Waals surface area contributed by atoms with Gasteiger partial charge in [0.2, 0.25) is 0 Å². The molecule has 0 radical (unpaired) electrons. The van der Waals surface area contributed by atoms with E-state index in [0.717, 1.165) is 11.3 Å². The highest BCUT2D eigenvalue weighted by Gasteiger charge is 2.16. The Labute approximate surface area is 124 Å². The van der Waals surface area contributed by atoms with E-state index in [4.69, 9.17) is 0 Å². The van der Waals surface area contributed by atoms with Gasteiger partial charge in [-0.05, 0) is 33.8 Å². The summed E-state index contributed by atoms with van der Waals surface area (Å²) in [5, 5.41) is 13.1. The Balaban J connectivity index is 2.35. The molecule has 1 aromatic heterocycles. The molecule has 0 aliphatic rings. The van der Waals surface area contributed by atoms with Crippen LogP contribution in [0.1, 0.15) is 48.6 Å². The third-order valence-electron chi connectivity index (χ3n) is 3.48. The zero-order valence-corrected chi connectivity index (χ0v) is 12.8. The number of H-pyrrole nitrogens is 1. The number of hydrogen-bond donors (Lipinski definition) is 3. The SMILES string of the molecule is Cc1nc(C)c(C(C)Nc2ccccc2C(C)O)c(=O)[nH]1. The van der Waals surface area contributed by atoms with Gasteiger partial charge in [-0.25, -0.2) is 4.98 Å². The molecule has 0 spiro atoms. The monoisotopic (exact) mass is 287 g/mol. The van der Waals surface area contributed by atoms with Crippen LogP contribution in [0.5, 0.6) is 0 Å². The molecule has 2 unspecified atom stereocenters. The lowest BCUT2D eigenvalue weighted by Gasteiger charge is -2.20. The lowest BCUT2D eigenvalue weighted by atomic mass is 10.0. The van der Waals surface area contributed by atoms with E-state index in [-0.39, 0.29) is 11.6 Å². The molecule has 2 atom stereocenters. The number of anilines is 1. The highest BCUT2D eigenvalue weighted by atomic mass is 16.3. The van der Waals surface area contributed by atoms with Crippen LogP contribution in [0.3, 0.4) is 0 Å². The maximum Gasteiger partial charge on any atom is 0.256 e. The van der Waals surface area contributed by atoms with Gasteiger partial charge in [0, 0.05) is 11.3 Å². The first-order chi connectivity index (χ1) is 9.90. The van der Waals surface area contributed by atoms with E-state index >= 15 is 0 Å². The molecule has 5 nitrogen and oxygen atoms in total. The van der Waals surface area contributed by atoms with Crippen LogP contribution in [0.15, 0.2) is 29.1 Å². The van der Waals surface area contributed by atoms with Gasteiger partial charge in [0.05, 0.1) is 23.4 Å². The largest absolute Gasteiger partial charge is 0.389 e. The van der Waals surface area contributed by atoms with Crippen LogP contribution in [-0.2, 0) is 0 Å². The number of aliphatic hydroxyl groups excluding tert-OH is 1. The highest BCUT2D eigenvalue weighted by molar-refractivity contribution is 5.53. The topological polar surface area (TPSA) is 78.0 Å². The maximum atomic E-state index is 12.1. The first-order valence-electron chi connectivity index (χ1n) is 7.01. The molecule has 0 aliphatic heterocycles. The number of aliphatic hydroxyl groups is 1. The van der Waals surface area contributed by atoms with E-state index in [9.17, 15) is 9.90 Å². The number of nitrogens with zero attached hydrogens (tertiary/aromatic N) is 1. The van der Waals surface area contributed by atoms with Gasteiger partial charge in [-0.15, -0.1) is 0 Å². The van der Waals surface area contributed by atoms with Gasteiger partial charge in [-0.1, -0.05) is 18.2 Å². The smallest absolute Gasteiger partial charge is 0.256 e. The predicted octanol–water partition coefficient (Wildman–Crippen LogP) is 2.61. The number of benzene rings is 1. The Morgan fingerprint density at radius 3 is 2.52 bits per heavy atom. The lowest BCUT2D eigenvalue weighted by Crippen LogP contribution is -2.23. The number of hydrogen-bond acceptors (Lipinski definition) is 4. The Morgan fingerprint density at radius 1 is 1.24 bits per heavy atom. The fourth-order valence-electron chi connectivity index (χ4n) is 2.54. The van der Waals surface area contributed by atoms with Gasteiger partial charge in [0.1, 0.15) is 5.82 Å². The minimum Gasteiger partial charge on any atom is -0.389 e. The van der Waals surface area contributed by atoms with Gasteiger partial charge in [0.25, 0.3) is 5.56 Å². The molecule has 0 saturated heterocycles. The fraction of sp³-hybridized carbons (Fsp3) is 0.375. The van der Waals surface area contributed by atoms with Gasteiger partial charge in [-0.2, -0.15) is 0 Å². The summed E-state index contributed by atoms with van der Waals surface area (Å²) in [6.45, 7) is 7.22. The average Bonchev–Trinajstić information content (AvgIpc) is 2.37. The third kappa shape index (κ3) is 3.31. The first kappa shape index (κ1) is 15.3. The number of rotatable bonds is 4. The minimum absolute atomic E-state index is 0.130. The van der Waals surface area contributed by atoms with Crippen LogP contribution in [0.25, 0.3) is 0 Å². The standard InChI is InChI=1S/C16H21N3O2/c1-9-15(16(21)19-12(4)17-9)10(2)18-14-8-6-5-7-13(14)11(3)20/h5-8,10-11,18,20H,1-4H3,(H,17,19,21). The highest BCUT2D eigenvalue weighted by Crippen LogP contribution is 2.26. The van der Waals surface area contributed by atoms with Crippen molar-refractivity contribution >= 4 is 5.69 Å². The molecule has 0 fully saturated rings. The molecule has 2 aromatic rings. The third-order valence-corrected chi connectivity index (χ3v) is 3.48. The molecule has 0 bridgehead atoms. The Kier molecular flexibility index (Phi) is 4.43. The molecule has 0 saturated carbocycles. The Hall–Kier alpha value is -2.14. The molecule has 1 heterocycles. The molecule has 3 N–H and O–H groups in total. The molecule has 0 aliphatic carbocycles. The average molecular weight is 287 g/mol. The van der Waals surface area contributed by atoms with Gasteiger partial charge in [0.15, 0.2) is 0 Å². The zero-order valence-electron chi connectivity index (χ0n) is 12.8. The van der Waals surface area contributed by atoms with E-state index in [0.29, 0.717) is 17.1 Å². The summed E-state index contributed by atoms with van der Waals surface area (Å²) in [5.41, 5.74) is 2.82. The molecule has 2 rings (SSSR count). The van der Waals surface area contributed by atoms with Crippen molar-refractivity contribution in [1.82, 2.24) is 9.97 Å². The molecule has 5 heteroatoms. The predicted molar refractivity (Wildman–Crippen MR) is 83.4 cm³/mol. The summed E-state index contributed by atoms with van der Waals surface area (Å²) in [6.07, 6.45) is -0.573. The van der Waals surface area contributed by atoms with E-state index in [1.807, 2.05) is 38.1 Å². The number of para-hydroxylation sites is 1. The molecule has 1 aromatic carbocycles. The lowest BCUT2D eigenvalue weighted by molar-refractivity contribution is 0.200. The van der Waals surface area contributed by atoms with E-state index in [1.165, 1.54) is 0 Å². The van der Waals surface area contributed by atoms with E-state index in [2.05, 4.69) is 15.3 Å². The first-order valence-corrected chi connectivity index (χ1v) is 7.01. The maximum absolute atomic E-state index is 12.1. The van der Waals surface area contributed by atoms with Gasteiger partial charge in [-0.3, -0.25) is 4.79 Å². The summed E-state index contributed by atoms with van der Waals surface area (Å²) in [4.78, 5) is 19.2. The van der Waals surface area contributed by atoms with Crippen LogP contribution in [-0.4, -0.2) is 15.1 Å². The van der Waals surface area contributed by atoms with Crippen molar-refractivity contribution in [3.05, 3.63) is 57.3 Å². The van der Waals surface area contributed by atoms with Crippen LogP contribution >= 0.6 is 0 Å². The summed E-state index contributed by atoms with van der Waals surface area (Å²) in [6, 6.07) is 7.32. The van der Waals surface area contributed by atoms with Gasteiger partial charge >= 0.3 is 0 Å². The second kappa shape index (κ2) is 6.10. The summed E-state index contributed by atoms with van der Waals surface area (Å²) in [5.74, 6) is 0.609. The Morgan fingerprint density at radius 2 is 1.90 bits per heavy atom. The van der Waals surface area contributed by atoms with Crippen LogP contribution in [0.2, 0.25) is 0 Å². The molecule has 112 valence electrons. The molecule has 0 amide bonds. The van der Waals surface area contributed by atoms with Crippen LogP contribution in [0.4, 0.5) is 5.69 Å². The van der Waals surface area contributed by atoms with Crippen LogP contribution in [0, 0.1) is 13.8 Å². The zero-order chi connectivity index (χ0) is 15.6. The van der Waals surface area contributed by atoms with Crippen molar-refractivity contribution in [2.24, 2.45) is 0 Å². The second-order valence-electron chi connectivity index (χ2n) is 5.28. The van der Waals surface area contributed by atoms with Crippen molar-refractivity contribution in [3.8, 4) is 0 Å². The number of aromatic amines is 1. The Bertz CT molecular complexity index is 692. The summed E-state index contributed by atoms with van der Waals surface area (Å²) >= 11 is 0. The number of aryl methyl sites for hydroxylation is 2. The minimum atomic E-state index is -0.573. The fourth-order valence-corrected chi connectivity index (χ4v) is 2.54. The van der Waals surface area contributed by atoms with Crippen molar-refractivity contribution in [2.45, 2.75) is 39.8 Å².